The van der Waals surface area contributed by atoms with E-state index in [1.165, 1.54) is 64.2 Å². The molecule has 4 atom stereocenters. The molecule has 164 valence electrons. The van der Waals surface area contributed by atoms with E-state index in [9.17, 15) is 8.78 Å². The Kier molecular flexibility index (Phi) is 9.06. The van der Waals surface area contributed by atoms with E-state index < -0.39 is 18.4 Å². The quantitative estimate of drug-likeness (QED) is 0.381. The molecule has 28 heavy (non-hydrogen) atoms. The van der Waals surface area contributed by atoms with Crippen molar-refractivity contribution in [3.63, 3.8) is 0 Å². The van der Waals surface area contributed by atoms with Gasteiger partial charge in [0.15, 0.2) is 6.17 Å². The minimum absolute atomic E-state index is 0.0676. The Labute approximate surface area is 172 Å². The fourth-order valence-electron chi connectivity index (χ4n) is 6.68. The van der Waals surface area contributed by atoms with Gasteiger partial charge in [0.05, 0.1) is 6.10 Å². The average Bonchev–Trinajstić information content (AvgIpc) is 2.73. The van der Waals surface area contributed by atoms with Gasteiger partial charge >= 0.3 is 0 Å². The van der Waals surface area contributed by atoms with Crippen molar-refractivity contribution in [1.82, 2.24) is 0 Å². The molecule has 3 aliphatic carbocycles. The first-order valence-corrected chi connectivity index (χ1v) is 12.5. The Balaban J connectivity index is 1.39. The maximum atomic E-state index is 14.8. The average molecular weight is 399 g/mol. The summed E-state index contributed by atoms with van der Waals surface area (Å²) >= 11 is 0. The van der Waals surface area contributed by atoms with E-state index in [1.807, 2.05) is 6.92 Å². The molecular weight excluding hydrogens is 354 g/mol. The third kappa shape index (κ3) is 5.70. The zero-order valence-corrected chi connectivity index (χ0v) is 18.4. The number of rotatable bonds is 8. The van der Waals surface area contributed by atoms with Crippen LogP contribution < -0.4 is 0 Å². The number of unbranched alkanes of at least 4 members (excludes halogenated alkanes) is 2. The number of ether oxygens (including phenoxy) is 1. The maximum Gasteiger partial charge on any atom is 0.157 e. The number of halogens is 2. The van der Waals surface area contributed by atoms with Gasteiger partial charge in [-0.3, -0.25) is 0 Å². The Morgan fingerprint density at radius 1 is 0.679 bits per heavy atom. The van der Waals surface area contributed by atoms with Gasteiger partial charge < -0.3 is 4.74 Å². The topological polar surface area (TPSA) is 9.23 Å². The summed E-state index contributed by atoms with van der Waals surface area (Å²) in [6.07, 6.45) is 14.3. The van der Waals surface area contributed by atoms with Crippen LogP contribution in [0.2, 0.25) is 0 Å². The van der Waals surface area contributed by atoms with Crippen LogP contribution in [-0.4, -0.2) is 25.1 Å². The Hall–Kier alpha value is -0.180. The minimum Gasteiger partial charge on any atom is -0.375 e. The van der Waals surface area contributed by atoms with Gasteiger partial charge in [-0.05, 0) is 87.9 Å². The summed E-state index contributed by atoms with van der Waals surface area (Å²) in [5.74, 6) is 3.08. The van der Waals surface area contributed by atoms with Crippen LogP contribution in [-0.2, 0) is 4.74 Å². The molecule has 3 aliphatic rings. The summed E-state index contributed by atoms with van der Waals surface area (Å²) in [4.78, 5) is 0. The number of hydrogen-bond donors (Lipinski definition) is 0. The highest BCUT2D eigenvalue weighted by Gasteiger charge is 2.45. The summed E-state index contributed by atoms with van der Waals surface area (Å²) in [6, 6.07) is 0. The lowest BCUT2D eigenvalue weighted by atomic mass is 9.65. The Bertz CT molecular complexity index is 426. The van der Waals surface area contributed by atoms with Crippen LogP contribution in [0.3, 0.4) is 0 Å². The van der Waals surface area contributed by atoms with Gasteiger partial charge in [-0.15, -0.1) is 0 Å². The number of alkyl halides is 2. The van der Waals surface area contributed by atoms with Crippen LogP contribution in [0.5, 0.6) is 0 Å². The van der Waals surface area contributed by atoms with Gasteiger partial charge in [-0.25, -0.2) is 8.78 Å². The van der Waals surface area contributed by atoms with Crippen LogP contribution in [0.1, 0.15) is 104 Å². The molecule has 0 spiro atoms. The monoisotopic (exact) mass is 398 g/mol. The first-order chi connectivity index (χ1) is 13.6. The van der Waals surface area contributed by atoms with Crippen molar-refractivity contribution >= 4 is 0 Å². The molecule has 3 heteroatoms. The lowest BCUT2D eigenvalue weighted by Gasteiger charge is -2.43. The van der Waals surface area contributed by atoms with Crippen LogP contribution in [0.15, 0.2) is 0 Å². The molecule has 3 rings (SSSR count). The predicted octanol–water partition coefficient (Wildman–Crippen LogP) is 7.67. The SMILES string of the molecule is CCCCCC1CCC(C2CCC(C3CCC(OCC)C(F)C3F)CC2)CC1. The predicted molar refractivity (Wildman–Crippen MR) is 113 cm³/mol. The molecule has 0 amide bonds. The van der Waals surface area contributed by atoms with Crippen LogP contribution in [0, 0.1) is 29.6 Å². The molecule has 0 saturated heterocycles. The Morgan fingerprint density at radius 3 is 1.89 bits per heavy atom. The highest BCUT2D eigenvalue weighted by atomic mass is 19.2. The zero-order chi connectivity index (χ0) is 19.9. The fraction of sp³-hybridized carbons (Fsp3) is 1.00. The summed E-state index contributed by atoms with van der Waals surface area (Å²) in [6.45, 7) is 4.64. The van der Waals surface area contributed by atoms with Crippen molar-refractivity contribution in [2.45, 2.75) is 122 Å². The van der Waals surface area contributed by atoms with Crippen molar-refractivity contribution < 1.29 is 13.5 Å². The normalized spacial score (nSPS) is 42.4. The van der Waals surface area contributed by atoms with E-state index in [0.29, 0.717) is 18.9 Å². The van der Waals surface area contributed by atoms with Crippen molar-refractivity contribution in [3.8, 4) is 0 Å². The van der Waals surface area contributed by atoms with E-state index in [2.05, 4.69) is 6.92 Å². The van der Waals surface area contributed by atoms with E-state index in [4.69, 9.17) is 4.74 Å². The molecule has 0 aromatic rings. The molecule has 0 aromatic heterocycles. The molecular formula is C25H44F2O. The molecule has 0 aliphatic heterocycles. The molecule has 1 nitrogen and oxygen atoms in total. The summed E-state index contributed by atoms with van der Waals surface area (Å²) in [5, 5.41) is 0. The first-order valence-electron chi connectivity index (χ1n) is 12.5. The van der Waals surface area contributed by atoms with Gasteiger partial charge in [0.1, 0.15) is 6.17 Å². The van der Waals surface area contributed by atoms with Crippen molar-refractivity contribution in [1.29, 1.82) is 0 Å². The molecule has 0 heterocycles. The molecule has 0 radical (unpaired) electrons. The van der Waals surface area contributed by atoms with Crippen molar-refractivity contribution in [2.24, 2.45) is 29.6 Å². The Morgan fingerprint density at radius 2 is 1.29 bits per heavy atom. The molecule has 3 fully saturated rings. The van der Waals surface area contributed by atoms with Gasteiger partial charge in [-0.2, -0.15) is 0 Å². The minimum atomic E-state index is -1.42. The van der Waals surface area contributed by atoms with Crippen molar-refractivity contribution in [3.05, 3.63) is 0 Å². The second-order valence-electron chi connectivity index (χ2n) is 10.1. The summed E-state index contributed by atoms with van der Waals surface area (Å²) in [5.41, 5.74) is 0. The maximum absolute atomic E-state index is 14.8. The van der Waals surface area contributed by atoms with Crippen LogP contribution >= 0.6 is 0 Å². The van der Waals surface area contributed by atoms with Crippen LogP contribution in [0.4, 0.5) is 8.78 Å². The number of hydrogen-bond acceptors (Lipinski definition) is 1. The van der Waals surface area contributed by atoms with Gasteiger partial charge in [0.2, 0.25) is 0 Å². The van der Waals surface area contributed by atoms with E-state index in [-0.39, 0.29) is 5.92 Å². The van der Waals surface area contributed by atoms with E-state index in [0.717, 1.165) is 37.0 Å². The first kappa shape index (κ1) is 22.5. The molecule has 4 unspecified atom stereocenters. The largest absolute Gasteiger partial charge is 0.375 e. The molecule has 0 bridgehead atoms. The van der Waals surface area contributed by atoms with Gasteiger partial charge in [0.25, 0.3) is 0 Å². The standard InChI is InChI=1S/C25H44F2O/c1-3-5-6-7-18-8-10-19(11-9-18)20-12-14-21(15-13-20)22-16-17-23(28-4-2)25(27)24(22)26/h18-25H,3-17H2,1-2H3. The molecule has 0 aromatic carbocycles. The second kappa shape index (κ2) is 11.3. The second-order valence-corrected chi connectivity index (χ2v) is 10.1. The summed E-state index contributed by atoms with van der Waals surface area (Å²) in [7, 11) is 0. The molecule has 3 saturated carbocycles. The highest BCUT2D eigenvalue weighted by molar-refractivity contribution is 4.94. The van der Waals surface area contributed by atoms with Gasteiger partial charge in [0, 0.05) is 6.61 Å². The third-order valence-corrected chi connectivity index (χ3v) is 8.43. The smallest absolute Gasteiger partial charge is 0.157 e. The van der Waals surface area contributed by atoms with Gasteiger partial charge in [-0.1, -0.05) is 45.4 Å². The fourth-order valence-corrected chi connectivity index (χ4v) is 6.68. The van der Waals surface area contributed by atoms with Crippen molar-refractivity contribution in [2.75, 3.05) is 6.61 Å². The highest BCUT2D eigenvalue weighted by Crippen LogP contribution is 2.47. The van der Waals surface area contributed by atoms with E-state index in [1.54, 1.807) is 0 Å². The third-order valence-electron chi connectivity index (χ3n) is 8.43. The lowest BCUT2D eigenvalue weighted by molar-refractivity contribution is -0.0852. The van der Waals surface area contributed by atoms with E-state index >= 15 is 0 Å². The summed E-state index contributed by atoms with van der Waals surface area (Å²) < 4.78 is 34.6. The lowest BCUT2D eigenvalue weighted by Crippen LogP contribution is -2.46. The molecule has 0 N–H and O–H groups in total. The zero-order valence-electron chi connectivity index (χ0n) is 18.4. The van der Waals surface area contributed by atoms with Crippen LogP contribution in [0.25, 0.3) is 0 Å².